The molecule has 0 bridgehead atoms. The van der Waals surface area contributed by atoms with Crippen molar-refractivity contribution in [2.24, 2.45) is 5.92 Å². The Balaban J connectivity index is 0.00000147. The zero-order chi connectivity index (χ0) is 13.5. The van der Waals surface area contributed by atoms with Gasteiger partial charge < -0.3 is 9.88 Å². The second-order valence-corrected chi connectivity index (χ2v) is 7.19. The van der Waals surface area contributed by atoms with E-state index in [1.54, 1.807) is 21.4 Å². The van der Waals surface area contributed by atoms with E-state index in [1.165, 1.54) is 0 Å². The molecular formula is C12H21ClN4O2S. The summed E-state index contributed by atoms with van der Waals surface area (Å²) in [5.41, 5.74) is 0. The Morgan fingerprint density at radius 3 is 2.95 bits per heavy atom. The fraction of sp³-hybridized carbons (Fsp3) is 0.750. The highest BCUT2D eigenvalue weighted by molar-refractivity contribution is 7.89. The molecule has 0 aromatic carbocycles. The Labute approximate surface area is 126 Å². The zero-order valence-corrected chi connectivity index (χ0v) is 13.2. The van der Waals surface area contributed by atoms with Crippen LogP contribution >= 0.6 is 12.4 Å². The molecule has 2 atom stereocenters. The molecule has 2 saturated heterocycles. The van der Waals surface area contributed by atoms with Crippen molar-refractivity contribution in [3.05, 3.63) is 12.5 Å². The predicted octanol–water partition coefficient (Wildman–Crippen LogP) is 0.697. The summed E-state index contributed by atoms with van der Waals surface area (Å²) in [5, 5.41) is 3.62. The number of rotatable bonds is 3. The third-order valence-corrected chi connectivity index (χ3v) is 5.95. The van der Waals surface area contributed by atoms with Crippen LogP contribution in [0.25, 0.3) is 0 Å². The topological polar surface area (TPSA) is 67.2 Å². The van der Waals surface area contributed by atoms with Crippen LogP contribution in [-0.4, -0.2) is 48.0 Å². The average Bonchev–Trinajstić information content (AvgIpc) is 3.06. The molecule has 0 saturated carbocycles. The summed E-state index contributed by atoms with van der Waals surface area (Å²) in [7, 11) is -3.42. The van der Waals surface area contributed by atoms with Crippen LogP contribution in [0, 0.1) is 5.92 Å². The summed E-state index contributed by atoms with van der Waals surface area (Å²) < 4.78 is 28.5. The molecule has 0 aliphatic carbocycles. The quantitative estimate of drug-likeness (QED) is 0.890. The first-order chi connectivity index (χ1) is 9.11. The smallest absolute Gasteiger partial charge is 0.262 e. The van der Waals surface area contributed by atoms with Gasteiger partial charge in [-0.1, -0.05) is 0 Å². The Bertz CT molecular complexity index is 560. The third kappa shape index (κ3) is 2.72. The molecule has 0 radical (unpaired) electrons. The van der Waals surface area contributed by atoms with Gasteiger partial charge in [-0.3, -0.25) is 0 Å². The Hall–Kier alpha value is -0.630. The molecule has 20 heavy (non-hydrogen) atoms. The second-order valence-electron chi connectivity index (χ2n) is 5.30. The van der Waals surface area contributed by atoms with E-state index in [1.807, 2.05) is 6.92 Å². The van der Waals surface area contributed by atoms with Crippen LogP contribution in [0.5, 0.6) is 0 Å². The van der Waals surface area contributed by atoms with Crippen LogP contribution in [-0.2, 0) is 16.6 Å². The molecule has 1 N–H and O–H groups in total. The van der Waals surface area contributed by atoms with Crippen LogP contribution in [0.15, 0.2) is 17.6 Å². The normalized spacial score (nSPS) is 27.1. The summed E-state index contributed by atoms with van der Waals surface area (Å²) in [6.45, 7) is 4.92. The maximum Gasteiger partial charge on any atom is 0.262 e. The van der Waals surface area contributed by atoms with Crippen molar-refractivity contribution in [1.82, 2.24) is 19.2 Å². The predicted molar refractivity (Wildman–Crippen MR) is 78.4 cm³/mol. The van der Waals surface area contributed by atoms with Gasteiger partial charge in [0.2, 0.25) is 0 Å². The molecule has 114 valence electrons. The van der Waals surface area contributed by atoms with E-state index in [4.69, 9.17) is 0 Å². The van der Waals surface area contributed by atoms with E-state index in [0.29, 0.717) is 25.0 Å². The average molecular weight is 321 g/mol. The molecule has 2 aliphatic rings. The first kappa shape index (κ1) is 15.8. The number of hydrogen-bond donors (Lipinski definition) is 1. The fourth-order valence-electron chi connectivity index (χ4n) is 3.01. The molecule has 2 aliphatic heterocycles. The van der Waals surface area contributed by atoms with Gasteiger partial charge in [0.05, 0.1) is 6.33 Å². The van der Waals surface area contributed by atoms with Crippen LogP contribution in [0.4, 0.5) is 0 Å². The number of hydrogen-bond acceptors (Lipinski definition) is 4. The van der Waals surface area contributed by atoms with Crippen molar-refractivity contribution >= 4 is 22.4 Å². The van der Waals surface area contributed by atoms with E-state index in [-0.39, 0.29) is 17.4 Å². The standard InChI is InChI=1S/C12H20N4O2S.ClH/c1-2-15-8-12(14-9-15)19(17,18)16-6-4-11-10(7-16)3-5-13-11;/h8-11,13H,2-7H2,1H3;1H. The molecule has 3 heterocycles. The molecular weight excluding hydrogens is 300 g/mol. The van der Waals surface area contributed by atoms with Crippen LogP contribution < -0.4 is 5.32 Å². The number of nitrogens with zero attached hydrogens (tertiary/aromatic N) is 3. The van der Waals surface area contributed by atoms with Crippen molar-refractivity contribution in [2.75, 3.05) is 19.6 Å². The van der Waals surface area contributed by atoms with Crippen molar-refractivity contribution in [1.29, 1.82) is 0 Å². The summed E-state index contributed by atoms with van der Waals surface area (Å²) in [5.74, 6) is 0.455. The first-order valence-corrected chi connectivity index (χ1v) is 8.30. The highest BCUT2D eigenvalue weighted by Gasteiger charge is 2.38. The van der Waals surface area contributed by atoms with Gasteiger partial charge in [0.25, 0.3) is 10.0 Å². The minimum absolute atomic E-state index is 0. The lowest BCUT2D eigenvalue weighted by Crippen LogP contribution is -2.46. The molecule has 6 nitrogen and oxygen atoms in total. The lowest BCUT2D eigenvalue weighted by atomic mass is 9.95. The number of aromatic nitrogens is 2. The number of fused-ring (bicyclic) bond motifs is 1. The summed E-state index contributed by atoms with van der Waals surface area (Å²) in [6, 6.07) is 0.500. The lowest BCUT2D eigenvalue weighted by Gasteiger charge is -2.33. The van der Waals surface area contributed by atoms with Gasteiger partial charge in [-0.25, -0.2) is 13.4 Å². The van der Waals surface area contributed by atoms with Crippen LogP contribution in [0.2, 0.25) is 0 Å². The van der Waals surface area contributed by atoms with Crippen LogP contribution in [0.1, 0.15) is 19.8 Å². The van der Waals surface area contributed by atoms with Gasteiger partial charge in [0, 0.05) is 31.9 Å². The molecule has 0 spiro atoms. The lowest BCUT2D eigenvalue weighted by molar-refractivity contribution is 0.246. The number of imidazole rings is 1. The summed E-state index contributed by atoms with van der Waals surface area (Å²) in [4.78, 5) is 4.04. The maximum atomic E-state index is 12.5. The molecule has 0 amide bonds. The minimum atomic E-state index is -3.42. The van der Waals surface area contributed by atoms with E-state index in [0.717, 1.165) is 25.9 Å². The molecule has 2 fully saturated rings. The zero-order valence-electron chi connectivity index (χ0n) is 11.5. The highest BCUT2D eigenvalue weighted by Crippen LogP contribution is 2.28. The molecule has 1 aromatic heterocycles. The number of nitrogens with one attached hydrogen (secondary N) is 1. The SMILES string of the molecule is CCn1cnc(S(=O)(=O)N2CCC3NCCC3C2)c1.Cl. The van der Waals surface area contributed by atoms with Crippen molar-refractivity contribution in [3.8, 4) is 0 Å². The first-order valence-electron chi connectivity index (χ1n) is 6.86. The van der Waals surface area contributed by atoms with Gasteiger partial charge in [-0.2, -0.15) is 4.31 Å². The van der Waals surface area contributed by atoms with Crippen LogP contribution in [0.3, 0.4) is 0 Å². The Kier molecular flexibility index (Phi) is 4.73. The molecule has 2 unspecified atom stereocenters. The minimum Gasteiger partial charge on any atom is -0.336 e. The fourth-order valence-corrected chi connectivity index (χ4v) is 4.46. The maximum absolute atomic E-state index is 12.5. The Morgan fingerprint density at radius 2 is 2.25 bits per heavy atom. The van der Waals surface area contributed by atoms with E-state index < -0.39 is 10.0 Å². The monoisotopic (exact) mass is 320 g/mol. The highest BCUT2D eigenvalue weighted by atomic mass is 35.5. The largest absolute Gasteiger partial charge is 0.336 e. The number of aryl methyl sites for hydroxylation is 1. The van der Waals surface area contributed by atoms with E-state index in [2.05, 4.69) is 10.3 Å². The summed E-state index contributed by atoms with van der Waals surface area (Å²) in [6.07, 6.45) is 5.17. The van der Waals surface area contributed by atoms with Crippen molar-refractivity contribution in [2.45, 2.75) is 37.4 Å². The molecule has 3 rings (SSSR count). The van der Waals surface area contributed by atoms with Crippen molar-refractivity contribution in [3.63, 3.8) is 0 Å². The number of piperidine rings is 1. The number of halogens is 1. The van der Waals surface area contributed by atoms with Crippen molar-refractivity contribution < 1.29 is 8.42 Å². The van der Waals surface area contributed by atoms with Gasteiger partial charge in [-0.05, 0) is 32.2 Å². The van der Waals surface area contributed by atoms with E-state index in [9.17, 15) is 8.42 Å². The van der Waals surface area contributed by atoms with Gasteiger partial charge in [-0.15, -0.1) is 12.4 Å². The Morgan fingerprint density at radius 1 is 1.45 bits per heavy atom. The molecule has 8 heteroatoms. The van der Waals surface area contributed by atoms with Gasteiger partial charge in [0.15, 0.2) is 5.03 Å². The van der Waals surface area contributed by atoms with E-state index >= 15 is 0 Å². The molecule has 1 aromatic rings. The number of sulfonamides is 1. The second kappa shape index (κ2) is 6.01. The summed E-state index contributed by atoms with van der Waals surface area (Å²) >= 11 is 0. The third-order valence-electron chi connectivity index (χ3n) is 4.20. The van der Waals surface area contributed by atoms with Gasteiger partial charge >= 0.3 is 0 Å². The van der Waals surface area contributed by atoms with Gasteiger partial charge in [0.1, 0.15) is 0 Å².